The van der Waals surface area contributed by atoms with Crippen LogP contribution in [0, 0.1) is 17.2 Å². The van der Waals surface area contributed by atoms with Crippen molar-refractivity contribution in [2.24, 2.45) is 5.92 Å². The predicted octanol–water partition coefficient (Wildman–Crippen LogP) is 5.67. The van der Waals surface area contributed by atoms with E-state index in [2.05, 4.69) is 58.4 Å². The quantitative estimate of drug-likeness (QED) is 0.386. The zero-order chi connectivity index (χ0) is 22.9. The van der Waals surface area contributed by atoms with Crippen LogP contribution in [0.25, 0.3) is 33.6 Å². The molecule has 0 aliphatic carbocycles. The molecule has 2 heterocycles. The summed E-state index contributed by atoms with van der Waals surface area (Å²) in [6.45, 7) is 9.39. The van der Waals surface area contributed by atoms with Crippen LogP contribution >= 0.6 is 0 Å². The molecule has 0 radical (unpaired) electrons. The molecule has 0 unspecified atom stereocenters. The Labute approximate surface area is 193 Å². The molecule has 166 valence electrons. The minimum Gasteiger partial charge on any atom is -0.490 e. The summed E-state index contributed by atoms with van der Waals surface area (Å²) >= 11 is 0. The van der Waals surface area contributed by atoms with Gasteiger partial charge in [-0.25, -0.2) is 0 Å². The summed E-state index contributed by atoms with van der Waals surface area (Å²) in [6.07, 6.45) is -0.0151. The molecule has 1 aliphatic heterocycles. The first-order valence-electron chi connectivity index (χ1n) is 11.3. The molecule has 0 spiro atoms. The number of nitrogens with zero attached hydrogens (tertiary/aromatic N) is 4. The second kappa shape index (κ2) is 8.68. The van der Waals surface area contributed by atoms with Gasteiger partial charge in [0.25, 0.3) is 5.89 Å². The Balaban J connectivity index is 1.48. The van der Waals surface area contributed by atoms with E-state index in [1.165, 1.54) is 10.9 Å². The summed E-state index contributed by atoms with van der Waals surface area (Å²) in [4.78, 5) is 7.13. The normalized spacial score (nSPS) is 14.4. The largest absolute Gasteiger partial charge is 0.490 e. The zero-order valence-corrected chi connectivity index (χ0v) is 19.1. The fourth-order valence-corrected chi connectivity index (χ4v) is 4.45. The summed E-state index contributed by atoms with van der Waals surface area (Å²) < 4.78 is 11.3. The topological polar surface area (TPSA) is 75.2 Å². The monoisotopic (exact) mass is 438 g/mol. The van der Waals surface area contributed by atoms with Crippen molar-refractivity contribution in [2.75, 3.05) is 13.1 Å². The van der Waals surface area contributed by atoms with Crippen LogP contribution in [-0.2, 0) is 6.54 Å². The van der Waals surface area contributed by atoms with E-state index in [1.807, 2.05) is 26.0 Å². The number of hydrogen-bond donors (Lipinski definition) is 0. The molecule has 0 bridgehead atoms. The van der Waals surface area contributed by atoms with E-state index in [0.29, 0.717) is 28.6 Å². The molecule has 4 aromatic rings. The number of likely N-dealkylation sites (tertiary alicyclic amines) is 1. The standard InChI is InChI=1S/C27H26N4O2/c1-17(2)32-25-11-9-19(12-21(25)13-28)27-29-26(30-33-27)24-10-8-20(16-31-14-18(3)15-31)22-6-4-5-7-23(22)24/h4-12,17-18H,14-16H2,1-3H3. The fourth-order valence-electron chi connectivity index (χ4n) is 4.45. The van der Waals surface area contributed by atoms with E-state index in [-0.39, 0.29) is 6.10 Å². The Bertz CT molecular complexity index is 1350. The van der Waals surface area contributed by atoms with E-state index >= 15 is 0 Å². The van der Waals surface area contributed by atoms with Crippen molar-refractivity contribution in [2.45, 2.75) is 33.4 Å². The van der Waals surface area contributed by atoms with E-state index in [0.717, 1.165) is 36.5 Å². The summed E-state index contributed by atoms with van der Waals surface area (Å²) in [5.41, 5.74) is 3.37. The van der Waals surface area contributed by atoms with Gasteiger partial charge in [-0.15, -0.1) is 0 Å². The maximum Gasteiger partial charge on any atom is 0.258 e. The number of aromatic nitrogens is 2. The lowest BCUT2D eigenvalue weighted by atomic mass is 9.96. The Morgan fingerprint density at radius 1 is 1.12 bits per heavy atom. The Hall–Kier alpha value is -3.69. The first kappa shape index (κ1) is 21.2. The highest BCUT2D eigenvalue weighted by atomic mass is 16.5. The van der Waals surface area contributed by atoms with Gasteiger partial charge in [-0.2, -0.15) is 10.2 Å². The number of nitriles is 1. The van der Waals surface area contributed by atoms with Crippen LogP contribution in [-0.4, -0.2) is 34.2 Å². The van der Waals surface area contributed by atoms with Crippen molar-refractivity contribution in [1.82, 2.24) is 15.0 Å². The number of hydrogen-bond acceptors (Lipinski definition) is 6. The van der Waals surface area contributed by atoms with Crippen molar-refractivity contribution in [3.8, 4) is 34.7 Å². The zero-order valence-electron chi connectivity index (χ0n) is 19.1. The summed E-state index contributed by atoms with van der Waals surface area (Å²) in [5, 5.41) is 16.1. The van der Waals surface area contributed by atoms with Crippen LogP contribution in [0.1, 0.15) is 31.9 Å². The first-order valence-corrected chi connectivity index (χ1v) is 11.3. The third-order valence-electron chi connectivity index (χ3n) is 5.92. The van der Waals surface area contributed by atoms with E-state index in [1.54, 1.807) is 12.1 Å². The highest BCUT2D eigenvalue weighted by Gasteiger charge is 2.23. The van der Waals surface area contributed by atoms with E-state index < -0.39 is 0 Å². The van der Waals surface area contributed by atoms with Crippen molar-refractivity contribution < 1.29 is 9.26 Å². The molecular weight excluding hydrogens is 412 g/mol. The summed E-state index contributed by atoms with van der Waals surface area (Å²) in [6, 6.07) is 20.1. The molecule has 6 nitrogen and oxygen atoms in total. The molecule has 3 aromatic carbocycles. The molecular formula is C27H26N4O2. The molecule has 0 atom stereocenters. The molecule has 0 N–H and O–H groups in total. The lowest BCUT2D eigenvalue weighted by molar-refractivity contribution is 0.105. The predicted molar refractivity (Wildman–Crippen MR) is 128 cm³/mol. The van der Waals surface area contributed by atoms with Crippen LogP contribution in [0.15, 0.2) is 59.1 Å². The molecule has 1 saturated heterocycles. The van der Waals surface area contributed by atoms with Crippen molar-refractivity contribution in [1.29, 1.82) is 5.26 Å². The Morgan fingerprint density at radius 3 is 2.64 bits per heavy atom. The van der Waals surface area contributed by atoms with Gasteiger partial charge in [-0.05, 0) is 54.3 Å². The lowest BCUT2D eigenvalue weighted by Gasteiger charge is -2.37. The number of ether oxygens (including phenoxy) is 1. The van der Waals surface area contributed by atoms with Crippen LogP contribution in [0.4, 0.5) is 0 Å². The summed E-state index contributed by atoms with van der Waals surface area (Å²) in [5.74, 6) is 2.24. The Morgan fingerprint density at radius 2 is 1.91 bits per heavy atom. The van der Waals surface area contributed by atoms with Gasteiger partial charge in [0, 0.05) is 30.8 Å². The average Bonchev–Trinajstić information content (AvgIpc) is 3.28. The van der Waals surface area contributed by atoms with Gasteiger partial charge in [0.1, 0.15) is 11.8 Å². The van der Waals surface area contributed by atoms with Crippen LogP contribution in [0.5, 0.6) is 5.75 Å². The minimum atomic E-state index is -0.0151. The smallest absolute Gasteiger partial charge is 0.258 e. The molecule has 1 fully saturated rings. The highest BCUT2D eigenvalue weighted by molar-refractivity contribution is 5.97. The van der Waals surface area contributed by atoms with Gasteiger partial charge in [0.05, 0.1) is 11.7 Å². The van der Waals surface area contributed by atoms with Gasteiger partial charge in [-0.1, -0.05) is 48.5 Å². The van der Waals surface area contributed by atoms with E-state index in [4.69, 9.17) is 9.26 Å². The molecule has 1 aromatic heterocycles. The third-order valence-corrected chi connectivity index (χ3v) is 5.92. The molecule has 0 amide bonds. The van der Waals surface area contributed by atoms with Gasteiger partial charge < -0.3 is 9.26 Å². The van der Waals surface area contributed by atoms with Gasteiger partial charge in [0.15, 0.2) is 0 Å². The molecule has 1 aliphatic rings. The Kier molecular flexibility index (Phi) is 5.57. The van der Waals surface area contributed by atoms with E-state index in [9.17, 15) is 5.26 Å². The number of rotatable bonds is 6. The summed E-state index contributed by atoms with van der Waals surface area (Å²) in [7, 11) is 0. The second-order valence-electron chi connectivity index (χ2n) is 9.03. The van der Waals surface area contributed by atoms with Crippen molar-refractivity contribution in [3.05, 3.63) is 65.7 Å². The lowest BCUT2D eigenvalue weighted by Crippen LogP contribution is -2.44. The van der Waals surface area contributed by atoms with Crippen molar-refractivity contribution >= 4 is 10.8 Å². The first-order chi connectivity index (χ1) is 16.0. The third kappa shape index (κ3) is 4.20. The molecule has 0 saturated carbocycles. The SMILES string of the molecule is CC1CN(Cc2ccc(-c3noc(-c4ccc(OC(C)C)c(C#N)c4)n3)c3ccccc23)C1. The number of fused-ring (bicyclic) bond motifs is 1. The van der Waals surface area contributed by atoms with Gasteiger partial charge in [0.2, 0.25) is 5.82 Å². The average molecular weight is 439 g/mol. The highest BCUT2D eigenvalue weighted by Crippen LogP contribution is 2.33. The maximum absolute atomic E-state index is 9.53. The molecule has 5 rings (SSSR count). The maximum atomic E-state index is 9.53. The van der Waals surface area contributed by atoms with Crippen molar-refractivity contribution in [3.63, 3.8) is 0 Å². The minimum absolute atomic E-state index is 0.0151. The molecule has 6 heteroatoms. The second-order valence-corrected chi connectivity index (χ2v) is 9.03. The fraction of sp³-hybridized carbons (Fsp3) is 0.296. The number of benzene rings is 3. The molecule has 33 heavy (non-hydrogen) atoms. The van der Waals surface area contributed by atoms with Gasteiger partial charge >= 0.3 is 0 Å². The van der Waals surface area contributed by atoms with Crippen LogP contribution < -0.4 is 4.74 Å². The van der Waals surface area contributed by atoms with Gasteiger partial charge in [-0.3, -0.25) is 4.90 Å². The van der Waals surface area contributed by atoms with Crippen LogP contribution in [0.2, 0.25) is 0 Å². The van der Waals surface area contributed by atoms with Crippen LogP contribution in [0.3, 0.4) is 0 Å².